The van der Waals surface area contributed by atoms with E-state index in [1.807, 2.05) is 0 Å². The van der Waals surface area contributed by atoms with Gasteiger partial charge in [0.15, 0.2) is 5.78 Å². The average molecular weight is 479 g/mol. The van der Waals surface area contributed by atoms with Crippen LogP contribution in [0.25, 0.3) is 10.9 Å². The fourth-order valence-corrected chi connectivity index (χ4v) is 5.34. The van der Waals surface area contributed by atoms with Crippen molar-refractivity contribution in [3.63, 3.8) is 0 Å². The lowest BCUT2D eigenvalue weighted by Gasteiger charge is -2.47. The quantitative estimate of drug-likeness (QED) is 0.581. The summed E-state index contributed by atoms with van der Waals surface area (Å²) in [5.41, 5.74) is -0.380. The molecule has 2 aromatic rings. The molecular weight excluding hydrogens is 445 g/mol. The van der Waals surface area contributed by atoms with E-state index < -0.39 is 11.7 Å². The normalized spacial score (nSPS) is 23.1. The topological polar surface area (TPSA) is 78.4 Å². The van der Waals surface area contributed by atoms with E-state index in [0.717, 1.165) is 50.9 Å². The van der Waals surface area contributed by atoms with Crippen molar-refractivity contribution in [2.24, 2.45) is 17.8 Å². The summed E-state index contributed by atoms with van der Waals surface area (Å²) in [4.78, 5) is 23.0. The van der Waals surface area contributed by atoms with Crippen molar-refractivity contribution in [2.75, 3.05) is 25.0 Å². The molecule has 1 aromatic heterocycles. The molecule has 0 spiro atoms. The maximum absolute atomic E-state index is 13.1. The summed E-state index contributed by atoms with van der Waals surface area (Å²) in [5, 5.41) is 13.5. The highest BCUT2D eigenvalue weighted by atomic mass is 19.4. The van der Waals surface area contributed by atoms with Crippen LogP contribution in [-0.2, 0) is 11.0 Å². The van der Waals surface area contributed by atoms with Crippen LogP contribution in [0.1, 0.15) is 51.5 Å². The molecule has 1 atom stereocenters. The first-order valence-electron chi connectivity index (χ1n) is 12.1. The second-order valence-corrected chi connectivity index (χ2v) is 10.2. The van der Waals surface area contributed by atoms with Gasteiger partial charge in [0.25, 0.3) is 0 Å². The minimum absolute atomic E-state index is 0.0205. The standard InChI is InChI=1S/C25H33F3N4O2/c1-15(2)23(34)17-3-6-19(7-4-17)32-12-16(13-32)9-20(33)11-29-24-21-10-18(25(26,27)28)5-8-22(21)30-14-31-24/h5,8,10,14-17,19,23,34H,3-4,6-7,9,11-13H2,1-2H3,(H,29,30,31). The van der Waals surface area contributed by atoms with Gasteiger partial charge in [-0.25, -0.2) is 9.97 Å². The molecule has 1 aliphatic carbocycles. The molecule has 1 aliphatic heterocycles. The number of carbonyl (C=O) groups excluding carboxylic acids is 1. The summed E-state index contributed by atoms with van der Waals surface area (Å²) in [7, 11) is 0. The van der Waals surface area contributed by atoms with E-state index in [-0.39, 0.29) is 29.6 Å². The van der Waals surface area contributed by atoms with Crippen LogP contribution in [-0.4, -0.2) is 57.5 Å². The number of nitrogens with zero attached hydrogens (tertiary/aromatic N) is 3. The number of anilines is 1. The van der Waals surface area contributed by atoms with Crippen LogP contribution < -0.4 is 5.32 Å². The Bertz CT molecular complexity index is 999. The molecule has 1 saturated carbocycles. The van der Waals surface area contributed by atoms with E-state index in [9.17, 15) is 23.1 Å². The highest BCUT2D eigenvalue weighted by Gasteiger charge is 2.37. The van der Waals surface area contributed by atoms with Gasteiger partial charge in [0, 0.05) is 30.9 Å². The molecule has 34 heavy (non-hydrogen) atoms. The number of aliphatic hydroxyl groups is 1. The van der Waals surface area contributed by atoms with Gasteiger partial charge in [0.2, 0.25) is 0 Å². The van der Waals surface area contributed by atoms with Crippen molar-refractivity contribution in [3.05, 3.63) is 30.1 Å². The lowest BCUT2D eigenvalue weighted by molar-refractivity contribution is -0.137. The monoisotopic (exact) mass is 478 g/mol. The molecule has 1 saturated heterocycles. The summed E-state index contributed by atoms with van der Waals surface area (Å²) in [6, 6.07) is 3.86. The van der Waals surface area contributed by atoms with E-state index in [2.05, 4.69) is 34.0 Å². The number of ketones is 1. The van der Waals surface area contributed by atoms with Crippen LogP contribution in [0.2, 0.25) is 0 Å². The van der Waals surface area contributed by atoms with Crippen molar-refractivity contribution in [3.8, 4) is 0 Å². The number of benzene rings is 1. The molecule has 1 aromatic carbocycles. The Balaban J connectivity index is 1.24. The largest absolute Gasteiger partial charge is 0.416 e. The van der Waals surface area contributed by atoms with Crippen LogP contribution in [0.5, 0.6) is 0 Å². The Morgan fingerprint density at radius 3 is 2.53 bits per heavy atom. The van der Waals surface area contributed by atoms with E-state index in [1.54, 1.807) is 0 Å². The number of aliphatic hydroxyl groups excluding tert-OH is 1. The van der Waals surface area contributed by atoms with Gasteiger partial charge in [-0.05, 0) is 61.6 Å². The molecule has 2 N–H and O–H groups in total. The van der Waals surface area contributed by atoms with Crippen molar-refractivity contribution >= 4 is 22.5 Å². The van der Waals surface area contributed by atoms with Gasteiger partial charge < -0.3 is 10.4 Å². The number of hydrogen-bond acceptors (Lipinski definition) is 6. The summed E-state index contributed by atoms with van der Waals surface area (Å²) < 4.78 is 39.2. The molecule has 4 rings (SSSR count). The van der Waals surface area contributed by atoms with Gasteiger partial charge in [-0.15, -0.1) is 0 Å². The second-order valence-electron chi connectivity index (χ2n) is 10.2. The number of aromatic nitrogens is 2. The number of hydrogen-bond donors (Lipinski definition) is 2. The first-order chi connectivity index (χ1) is 16.1. The lowest BCUT2D eigenvalue weighted by Crippen LogP contribution is -2.54. The Hall–Kier alpha value is -2.26. The molecule has 6 nitrogen and oxygen atoms in total. The minimum atomic E-state index is -4.46. The average Bonchev–Trinajstić information content (AvgIpc) is 2.78. The third-order valence-corrected chi connectivity index (χ3v) is 7.34. The molecule has 186 valence electrons. The summed E-state index contributed by atoms with van der Waals surface area (Å²) >= 11 is 0. The number of fused-ring (bicyclic) bond motifs is 1. The third kappa shape index (κ3) is 5.68. The lowest BCUT2D eigenvalue weighted by atomic mass is 9.78. The Morgan fingerprint density at radius 1 is 1.18 bits per heavy atom. The molecule has 2 aliphatic rings. The van der Waals surface area contributed by atoms with Crippen LogP contribution >= 0.6 is 0 Å². The van der Waals surface area contributed by atoms with Gasteiger partial charge in [-0.2, -0.15) is 13.2 Å². The van der Waals surface area contributed by atoms with Gasteiger partial charge in [-0.3, -0.25) is 9.69 Å². The summed E-state index contributed by atoms with van der Waals surface area (Å²) in [6.07, 6.45) is 1.34. The molecule has 0 radical (unpaired) electrons. The maximum Gasteiger partial charge on any atom is 0.416 e. The fraction of sp³-hybridized carbons (Fsp3) is 0.640. The Kier molecular flexibility index (Phi) is 7.42. The van der Waals surface area contributed by atoms with Crippen molar-refractivity contribution < 1.29 is 23.1 Å². The van der Waals surface area contributed by atoms with E-state index in [0.29, 0.717) is 35.7 Å². The zero-order chi connectivity index (χ0) is 24.5. The number of likely N-dealkylation sites (tertiary alicyclic amines) is 1. The van der Waals surface area contributed by atoms with Crippen LogP contribution in [0.4, 0.5) is 19.0 Å². The molecule has 2 heterocycles. The number of alkyl halides is 3. The van der Waals surface area contributed by atoms with Crippen LogP contribution in [0.15, 0.2) is 24.5 Å². The smallest absolute Gasteiger partial charge is 0.393 e. The Morgan fingerprint density at radius 2 is 1.88 bits per heavy atom. The number of nitrogens with one attached hydrogen (secondary N) is 1. The molecule has 9 heteroatoms. The van der Waals surface area contributed by atoms with Crippen molar-refractivity contribution in [1.29, 1.82) is 0 Å². The van der Waals surface area contributed by atoms with Gasteiger partial charge >= 0.3 is 6.18 Å². The summed E-state index contributed by atoms with van der Waals surface area (Å²) in [5.74, 6) is 1.26. The van der Waals surface area contributed by atoms with Gasteiger partial charge in [0.1, 0.15) is 12.1 Å². The van der Waals surface area contributed by atoms with E-state index >= 15 is 0 Å². The first-order valence-corrected chi connectivity index (χ1v) is 12.1. The minimum Gasteiger partial charge on any atom is -0.393 e. The highest BCUT2D eigenvalue weighted by Crippen LogP contribution is 2.35. The third-order valence-electron chi connectivity index (χ3n) is 7.34. The van der Waals surface area contributed by atoms with Crippen LogP contribution in [0, 0.1) is 17.8 Å². The van der Waals surface area contributed by atoms with E-state index in [4.69, 9.17) is 0 Å². The van der Waals surface area contributed by atoms with Crippen molar-refractivity contribution in [2.45, 2.75) is 64.3 Å². The number of rotatable bonds is 8. The molecule has 2 fully saturated rings. The molecule has 0 amide bonds. The zero-order valence-corrected chi connectivity index (χ0v) is 19.7. The van der Waals surface area contributed by atoms with Crippen LogP contribution in [0.3, 0.4) is 0 Å². The number of halogens is 3. The molecular formula is C25H33F3N4O2. The van der Waals surface area contributed by atoms with Gasteiger partial charge in [0.05, 0.1) is 23.7 Å². The Labute approximate surface area is 198 Å². The first kappa shape index (κ1) is 24.9. The maximum atomic E-state index is 13.1. The van der Waals surface area contributed by atoms with Crippen molar-refractivity contribution in [1.82, 2.24) is 14.9 Å². The molecule has 0 bridgehead atoms. The number of carbonyl (C=O) groups is 1. The fourth-order valence-electron chi connectivity index (χ4n) is 5.34. The SMILES string of the molecule is CC(C)C(O)C1CCC(N2CC(CC(=O)CNc3ncnc4ccc(C(F)(F)F)cc34)C2)CC1. The van der Waals surface area contributed by atoms with Gasteiger partial charge in [-0.1, -0.05) is 13.8 Å². The predicted octanol–water partition coefficient (Wildman–Crippen LogP) is 4.53. The highest BCUT2D eigenvalue weighted by molar-refractivity contribution is 5.91. The molecule has 1 unspecified atom stereocenters. The number of Topliss-reactive ketones (excluding diaryl/α,β-unsaturated/α-hetero) is 1. The predicted molar refractivity (Wildman–Crippen MR) is 124 cm³/mol. The summed E-state index contributed by atoms with van der Waals surface area (Å²) in [6.45, 7) is 5.96. The van der Waals surface area contributed by atoms with E-state index in [1.165, 1.54) is 12.4 Å². The second kappa shape index (κ2) is 10.2. The zero-order valence-electron chi connectivity index (χ0n) is 19.7.